The highest BCUT2D eigenvalue weighted by Gasteiger charge is 2.13. The molecule has 18 heavy (non-hydrogen) atoms. The lowest BCUT2D eigenvalue weighted by Gasteiger charge is -2.21. The van der Waals surface area contributed by atoms with Crippen molar-refractivity contribution in [2.45, 2.75) is 20.0 Å². The van der Waals surface area contributed by atoms with Gasteiger partial charge in [0.2, 0.25) is 5.91 Å². The van der Waals surface area contributed by atoms with E-state index in [4.69, 9.17) is 5.11 Å². The van der Waals surface area contributed by atoms with Crippen LogP contribution in [0.2, 0.25) is 0 Å². The number of nitrogens with one attached hydrogen (secondary N) is 1. The van der Waals surface area contributed by atoms with Crippen LogP contribution in [0.4, 0.5) is 10.1 Å². The molecule has 1 rings (SSSR count). The molecular weight excluding hydrogens is 235 g/mol. The fourth-order valence-electron chi connectivity index (χ4n) is 1.68. The number of nitrogens with zero attached hydrogens (tertiary/aromatic N) is 1. The van der Waals surface area contributed by atoms with Crippen LogP contribution in [-0.4, -0.2) is 31.2 Å². The van der Waals surface area contributed by atoms with Crippen LogP contribution < -0.4 is 10.2 Å². The van der Waals surface area contributed by atoms with Crippen molar-refractivity contribution in [1.82, 2.24) is 5.32 Å². The van der Waals surface area contributed by atoms with Crippen LogP contribution in [-0.2, 0) is 11.4 Å². The van der Waals surface area contributed by atoms with Crippen LogP contribution >= 0.6 is 0 Å². The van der Waals surface area contributed by atoms with Gasteiger partial charge in [0.25, 0.3) is 0 Å². The van der Waals surface area contributed by atoms with Crippen LogP contribution in [0.25, 0.3) is 0 Å². The third kappa shape index (κ3) is 3.70. The molecule has 0 radical (unpaired) electrons. The summed E-state index contributed by atoms with van der Waals surface area (Å²) in [6.07, 6.45) is 0.872. The van der Waals surface area contributed by atoms with E-state index in [1.165, 1.54) is 6.07 Å². The number of rotatable bonds is 6. The van der Waals surface area contributed by atoms with E-state index >= 15 is 0 Å². The molecule has 1 aromatic rings. The van der Waals surface area contributed by atoms with Gasteiger partial charge < -0.3 is 15.3 Å². The minimum Gasteiger partial charge on any atom is -0.391 e. The molecule has 4 nitrogen and oxygen atoms in total. The number of aliphatic hydroxyl groups excluding tert-OH is 1. The lowest BCUT2D eigenvalue weighted by molar-refractivity contribution is -0.119. The highest BCUT2D eigenvalue weighted by molar-refractivity contribution is 5.81. The predicted molar refractivity (Wildman–Crippen MR) is 68.9 cm³/mol. The normalized spacial score (nSPS) is 10.2. The molecule has 2 N–H and O–H groups in total. The molecule has 1 aromatic carbocycles. The number of carbonyl (C=O) groups excluding carboxylic acids is 1. The molecule has 0 aromatic heterocycles. The maximum Gasteiger partial charge on any atom is 0.239 e. The molecule has 1 amide bonds. The molecule has 0 saturated carbocycles. The largest absolute Gasteiger partial charge is 0.391 e. The third-order valence-electron chi connectivity index (χ3n) is 2.62. The van der Waals surface area contributed by atoms with Crippen LogP contribution in [0.1, 0.15) is 18.9 Å². The molecule has 5 heteroatoms. The van der Waals surface area contributed by atoms with E-state index in [0.29, 0.717) is 12.2 Å². The number of halogens is 1. The summed E-state index contributed by atoms with van der Waals surface area (Å²) in [7, 11) is 1.69. The van der Waals surface area contributed by atoms with Crippen molar-refractivity contribution in [2.75, 3.05) is 25.0 Å². The number of aliphatic hydroxyl groups is 1. The molecule has 0 aliphatic carbocycles. The summed E-state index contributed by atoms with van der Waals surface area (Å²) >= 11 is 0. The number of carbonyl (C=O) groups is 1. The molecule has 0 aliphatic rings. The number of benzene rings is 1. The van der Waals surface area contributed by atoms with Gasteiger partial charge in [-0.15, -0.1) is 0 Å². The van der Waals surface area contributed by atoms with E-state index in [1.807, 2.05) is 6.92 Å². The van der Waals surface area contributed by atoms with Gasteiger partial charge in [-0.3, -0.25) is 4.79 Å². The molecule has 0 heterocycles. The Morgan fingerprint density at radius 1 is 1.50 bits per heavy atom. The monoisotopic (exact) mass is 254 g/mol. The van der Waals surface area contributed by atoms with Crippen LogP contribution in [0.3, 0.4) is 0 Å². The summed E-state index contributed by atoms with van der Waals surface area (Å²) in [4.78, 5) is 13.2. The lowest BCUT2D eigenvalue weighted by Crippen LogP contribution is -2.35. The van der Waals surface area contributed by atoms with Gasteiger partial charge in [0.1, 0.15) is 5.82 Å². The van der Waals surface area contributed by atoms with Gasteiger partial charge in [-0.1, -0.05) is 13.0 Å². The maximum atomic E-state index is 13.5. The lowest BCUT2D eigenvalue weighted by atomic mass is 10.1. The van der Waals surface area contributed by atoms with Gasteiger partial charge in [0.05, 0.1) is 13.2 Å². The van der Waals surface area contributed by atoms with Crippen molar-refractivity contribution in [2.24, 2.45) is 0 Å². The quantitative estimate of drug-likeness (QED) is 0.804. The van der Waals surface area contributed by atoms with Crippen LogP contribution in [0.5, 0.6) is 0 Å². The summed E-state index contributed by atoms with van der Waals surface area (Å²) in [5.41, 5.74) is 0.743. The zero-order valence-electron chi connectivity index (χ0n) is 10.7. The van der Waals surface area contributed by atoms with Crippen molar-refractivity contribution < 1.29 is 14.3 Å². The van der Waals surface area contributed by atoms with Crippen molar-refractivity contribution in [3.05, 3.63) is 29.6 Å². The smallest absolute Gasteiger partial charge is 0.239 e. The average Bonchev–Trinajstić information content (AvgIpc) is 2.35. The van der Waals surface area contributed by atoms with Crippen molar-refractivity contribution in [1.29, 1.82) is 0 Å². The summed E-state index contributed by atoms with van der Waals surface area (Å²) in [5, 5.41) is 11.9. The first kappa shape index (κ1) is 14.4. The number of hydrogen-bond donors (Lipinski definition) is 2. The number of amides is 1. The third-order valence-corrected chi connectivity index (χ3v) is 2.62. The van der Waals surface area contributed by atoms with Crippen LogP contribution in [0, 0.1) is 5.82 Å². The van der Waals surface area contributed by atoms with E-state index in [9.17, 15) is 9.18 Å². The standard InChI is InChI=1S/C13H19FN2O2/c1-3-7-15-13(18)8-16(2)12-6-4-5-11(14)10(12)9-17/h4-6,17H,3,7-9H2,1-2H3,(H,15,18). The van der Waals surface area contributed by atoms with Crippen molar-refractivity contribution >= 4 is 11.6 Å². The van der Waals surface area contributed by atoms with E-state index in [2.05, 4.69) is 5.32 Å². The number of hydrogen-bond acceptors (Lipinski definition) is 3. The van der Waals surface area contributed by atoms with Gasteiger partial charge in [-0.05, 0) is 18.6 Å². The van der Waals surface area contributed by atoms with Gasteiger partial charge in [0, 0.05) is 24.8 Å². The van der Waals surface area contributed by atoms with Gasteiger partial charge in [-0.25, -0.2) is 4.39 Å². The SMILES string of the molecule is CCCNC(=O)CN(C)c1cccc(F)c1CO. The second-order valence-electron chi connectivity index (χ2n) is 4.10. The fraction of sp³-hybridized carbons (Fsp3) is 0.462. The van der Waals surface area contributed by atoms with E-state index in [0.717, 1.165) is 6.42 Å². The molecule has 100 valence electrons. The zero-order valence-corrected chi connectivity index (χ0v) is 10.7. The summed E-state index contributed by atoms with van der Waals surface area (Å²) in [6, 6.07) is 4.53. The zero-order chi connectivity index (χ0) is 13.5. The molecule has 0 aliphatic heterocycles. The summed E-state index contributed by atoms with van der Waals surface area (Å²) in [6.45, 7) is 2.35. The topological polar surface area (TPSA) is 52.6 Å². The second-order valence-corrected chi connectivity index (χ2v) is 4.10. The Balaban J connectivity index is 2.75. The maximum absolute atomic E-state index is 13.5. The van der Waals surface area contributed by atoms with Gasteiger partial charge in [0.15, 0.2) is 0 Å². The summed E-state index contributed by atoms with van der Waals surface area (Å²) in [5.74, 6) is -0.580. The Morgan fingerprint density at radius 3 is 2.83 bits per heavy atom. The van der Waals surface area contributed by atoms with Gasteiger partial charge in [-0.2, -0.15) is 0 Å². The minimum atomic E-state index is -0.462. The van der Waals surface area contributed by atoms with Gasteiger partial charge >= 0.3 is 0 Å². The Kier molecular flexibility index (Phi) is 5.58. The minimum absolute atomic E-state index is 0.118. The van der Waals surface area contributed by atoms with E-state index < -0.39 is 5.82 Å². The Labute approximate surface area is 106 Å². The fourth-order valence-corrected chi connectivity index (χ4v) is 1.68. The molecule has 0 atom stereocenters. The van der Waals surface area contributed by atoms with Crippen molar-refractivity contribution in [3.8, 4) is 0 Å². The highest BCUT2D eigenvalue weighted by atomic mass is 19.1. The van der Waals surface area contributed by atoms with E-state index in [-0.39, 0.29) is 24.6 Å². The first-order valence-electron chi connectivity index (χ1n) is 5.96. The first-order valence-corrected chi connectivity index (χ1v) is 5.96. The Bertz CT molecular complexity index is 410. The summed E-state index contributed by atoms with van der Waals surface area (Å²) < 4.78 is 13.5. The molecular formula is C13H19FN2O2. The Morgan fingerprint density at radius 2 is 2.22 bits per heavy atom. The van der Waals surface area contributed by atoms with E-state index in [1.54, 1.807) is 24.1 Å². The van der Waals surface area contributed by atoms with Crippen molar-refractivity contribution in [3.63, 3.8) is 0 Å². The molecule has 0 unspecified atom stereocenters. The predicted octanol–water partition coefficient (Wildman–Crippen LogP) is 1.28. The molecule has 0 bridgehead atoms. The molecule has 0 saturated heterocycles. The average molecular weight is 254 g/mol. The Hall–Kier alpha value is -1.62. The first-order chi connectivity index (χ1) is 8.60. The number of likely N-dealkylation sites (N-methyl/N-ethyl adjacent to an activating group) is 1. The second kappa shape index (κ2) is 6.96. The highest BCUT2D eigenvalue weighted by Crippen LogP contribution is 2.21. The molecule has 0 fully saturated rings. The number of anilines is 1. The van der Waals surface area contributed by atoms with Crippen LogP contribution in [0.15, 0.2) is 18.2 Å². The molecule has 0 spiro atoms.